The summed E-state index contributed by atoms with van der Waals surface area (Å²) < 4.78 is 0. The smallest absolute Gasteiger partial charge is 0.0238 e. The fourth-order valence-corrected chi connectivity index (χ4v) is 4.71. The topological polar surface area (TPSA) is 0 Å². The second-order valence-corrected chi connectivity index (χ2v) is 6.30. The van der Waals surface area contributed by atoms with Gasteiger partial charge in [-0.05, 0) is 48.3 Å². The summed E-state index contributed by atoms with van der Waals surface area (Å²) in [5, 5.41) is 0. The molecule has 0 heteroatoms. The molecule has 0 amide bonds. The molecule has 2 rings (SSSR count). The minimum Gasteiger partial charge on any atom is -0.0654 e. The number of fused-ring (bicyclic) bond motifs is 1. The summed E-state index contributed by atoms with van der Waals surface area (Å²) in [4.78, 5) is 0. The molecule has 2 aliphatic rings. The highest BCUT2D eigenvalue weighted by Gasteiger charge is 2.59. The maximum atomic E-state index is 2.52. The van der Waals surface area contributed by atoms with Gasteiger partial charge < -0.3 is 0 Å². The Hall–Kier alpha value is 0. The van der Waals surface area contributed by atoms with Crippen LogP contribution in [0.15, 0.2) is 0 Å². The van der Waals surface area contributed by atoms with Gasteiger partial charge in [-0.25, -0.2) is 0 Å². The van der Waals surface area contributed by atoms with Gasteiger partial charge in [0.1, 0.15) is 0 Å². The van der Waals surface area contributed by atoms with E-state index in [-0.39, 0.29) is 0 Å². The molecule has 5 atom stereocenters. The average Bonchev–Trinajstić information content (AvgIpc) is 2.41. The van der Waals surface area contributed by atoms with Crippen LogP contribution >= 0.6 is 0 Å². The highest BCUT2D eigenvalue weighted by molar-refractivity contribution is 5.08. The number of rotatable bonds is 4. The van der Waals surface area contributed by atoms with Crippen molar-refractivity contribution in [2.45, 2.75) is 66.2 Å². The third-order valence-electron chi connectivity index (χ3n) is 5.92. The lowest BCUT2D eigenvalue weighted by Gasteiger charge is -2.54. The van der Waals surface area contributed by atoms with Crippen LogP contribution in [0.3, 0.4) is 0 Å². The van der Waals surface area contributed by atoms with Gasteiger partial charge >= 0.3 is 0 Å². The van der Waals surface area contributed by atoms with E-state index in [1.807, 2.05) is 0 Å². The Balaban J connectivity index is 1.99. The minimum absolute atomic E-state index is 0.776. The number of hydrogen-bond donors (Lipinski definition) is 0. The summed E-state index contributed by atoms with van der Waals surface area (Å²) in [6.45, 7) is 9.75. The summed E-state index contributed by atoms with van der Waals surface area (Å²) in [7, 11) is 0. The van der Waals surface area contributed by atoms with Gasteiger partial charge in [0.25, 0.3) is 0 Å². The molecular weight excluding hydrogens is 180 g/mol. The summed E-state index contributed by atoms with van der Waals surface area (Å²) in [6.07, 6.45) is 8.88. The van der Waals surface area contributed by atoms with Gasteiger partial charge in [0, 0.05) is 0 Å². The minimum atomic E-state index is 0.776. The van der Waals surface area contributed by atoms with E-state index < -0.39 is 0 Å². The Morgan fingerprint density at radius 3 is 2.53 bits per heavy atom. The van der Waals surface area contributed by atoms with Crippen molar-refractivity contribution < 1.29 is 0 Å². The predicted octanol–water partition coefficient (Wildman–Crippen LogP) is 4.89. The molecule has 0 N–H and O–H groups in total. The van der Waals surface area contributed by atoms with E-state index in [0.29, 0.717) is 0 Å². The molecule has 2 aliphatic carbocycles. The van der Waals surface area contributed by atoms with E-state index in [9.17, 15) is 0 Å². The Bertz CT molecular complexity index is 220. The Labute approximate surface area is 95.8 Å². The molecule has 2 fully saturated rings. The highest BCUT2D eigenvalue weighted by atomic mass is 14.6. The van der Waals surface area contributed by atoms with Crippen LogP contribution in [0.4, 0.5) is 0 Å². The third kappa shape index (κ3) is 1.56. The van der Waals surface area contributed by atoms with Crippen molar-refractivity contribution in [3.05, 3.63) is 0 Å². The first kappa shape index (κ1) is 11.5. The predicted molar refractivity (Wildman–Crippen MR) is 66.8 cm³/mol. The van der Waals surface area contributed by atoms with Gasteiger partial charge in [0.2, 0.25) is 0 Å². The molecule has 0 aliphatic heterocycles. The van der Waals surface area contributed by atoms with Crippen LogP contribution < -0.4 is 0 Å². The normalized spacial score (nSPS) is 48.8. The van der Waals surface area contributed by atoms with Crippen molar-refractivity contribution in [1.82, 2.24) is 0 Å². The quantitative estimate of drug-likeness (QED) is 0.617. The van der Waals surface area contributed by atoms with E-state index in [4.69, 9.17) is 0 Å². The van der Waals surface area contributed by atoms with Gasteiger partial charge in [-0.3, -0.25) is 0 Å². The SMILES string of the molecule is CCCCC1CC2(CC)C(C)C(C)CC12. The Morgan fingerprint density at radius 2 is 1.93 bits per heavy atom. The van der Waals surface area contributed by atoms with E-state index in [1.165, 1.54) is 32.1 Å². The summed E-state index contributed by atoms with van der Waals surface area (Å²) in [5.41, 5.74) is 0.776. The molecule has 0 radical (unpaired) electrons. The maximum absolute atomic E-state index is 2.52. The lowest BCUT2D eigenvalue weighted by atomic mass is 9.50. The Morgan fingerprint density at radius 1 is 1.20 bits per heavy atom. The van der Waals surface area contributed by atoms with E-state index in [1.54, 1.807) is 6.42 Å². The third-order valence-corrected chi connectivity index (χ3v) is 5.92. The standard InChI is InChI=1S/C15H28/c1-5-7-8-13-10-15(6-2)12(4)11(3)9-14(13)15/h11-14H,5-10H2,1-4H3. The van der Waals surface area contributed by atoms with Gasteiger partial charge in [0.15, 0.2) is 0 Å². The van der Waals surface area contributed by atoms with E-state index in [2.05, 4.69) is 27.7 Å². The lowest BCUT2D eigenvalue weighted by Crippen LogP contribution is -2.47. The monoisotopic (exact) mass is 208 g/mol. The van der Waals surface area contributed by atoms with Crippen LogP contribution in [0.5, 0.6) is 0 Å². The van der Waals surface area contributed by atoms with E-state index in [0.717, 1.165) is 29.1 Å². The molecule has 2 saturated carbocycles. The van der Waals surface area contributed by atoms with Crippen molar-refractivity contribution in [3.8, 4) is 0 Å². The van der Waals surface area contributed by atoms with Crippen molar-refractivity contribution in [1.29, 1.82) is 0 Å². The van der Waals surface area contributed by atoms with Crippen LogP contribution in [0.2, 0.25) is 0 Å². The molecule has 0 spiro atoms. The van der Waals surface area contributed by atoms with Gasteiger partial charge in [-0.1, -0.05) is 47.0 Å². The number of hydrogen-bond acceptors (Lipinski definition) is 0. The second kappa shape index (κ2) is 4.11. The van der Waals surface area contributed by atoms with Crippen LogP contribution in [-0.4, -0.2) is 0 Å². The molecule has 88 valence electrons. The average molecular weight is 208 g/mol. The zero-order valence-corrected chi connectivity index (χ0v) is 11.1. The lowest BCUT2D eigenvalue weighted by molar-refractivity contribution is -0.0530. The first-order chi connectivity index (χ1) is 7.15. The summed E-state index contributed by atoms with van der Waals surface area (Å²) >= 11 is 0. The highest BCUT2D eigenvalue weighted by Crippen LogP contribution is 2.67. The zero-order chi connectivity index (χ0) is 11.1. The molecule has 0 aromatic carbocycles. The summed E-state index contributed by atoms with van der Waals surface area (Å²) in [5.74, 6) is 4.17. The van der Waals surface area contributed by atoms with Crippen molar-refractivity contribution in [2.24, 2.45) is 29.1 Å². The van der Waals surface area contributed by atoms with Crippen molar-refractivity contribution >= 4 is 0 Å². The molecule has 5 unspecified atom stereocenters. The molecule has 0 heterocycles. The molecule has 0 bridgehead atoms. The van der Waals surface area contributed by atoms with Crippen LogP contribution in [0.1, 0.15) is 66.2 Å². The van der Waals surface area contributed by atoms with Gasteiger partial charge in [-0.15, -0.1) is 0 Å². The van der Waals surface area contributed by atoms with Gasteiger partial charge in [-0.2, -0.15) is 0 Å². The molecular formula is C15H28. The van der Waals surface area contributed by atoms with Crippen LogP contribution in [0, 0.1) is 29.1 Å². The van der Waals surface area contributed by atoms with Crippen molar-refractivity contribution in [2.75, 3.05) is 0 Å². The molecule has 0 saturated heterocycles. The fraction of sp³-hybridized carbons (Fsp3) is 1.00. The largest absolute Gasteiger partial charge is 0.0654 e. The summed E-state index contributed by atoms with van der Waals surface area (Å²) in [6, 6.07) is 0. The Kier molecular flexibility index (Phi) is 3.14. The first-order valence-electron chi connectivity index (χ1n) is 7.15. The zero-order valence-electron chi connectivity index (χ0n) is 11.1. The van der Waals surface area contributed by atoms with Gasteiger partial charge in [0.05, 0.1) is 0 Å². The maximum Gasteiger partial charge on any atom is -0.0238 e. The number of unbranched alkanes of at least 4 members (excludes halogenated alkanes) is 1. The van der Waals surface area contributed by atoms with E-state index >= 15 is 0 Å². The first-order valence-corrected chi connectivity index (χ1v) is 7.15. The van der Waals surface area contributed by atoms with Crippen LogP contribution in [0.25, 0.3) is 0 Å². The molecule has 0 aromatic rings. The van der Waals surface area contributed by atoms with Crippen LogP contribution in [-0.2, 0) is 0 Å². The molecule has 0 nitrogen and oxygen atoms in total. The van der Waals surface area contributed by atoms with Crippen molar-refractivity contribution in [3.63, 3.8) is 0 Å². The molecule has 15 heavy (non-hydrogen) atoms. The second-order valence-electron chi connectivity index (χ2n) is 6.30. The molecule has 0 aromatic heterocycles. The fourth-order valence-electron chi connectivity index (χ4n) is 4.71.